The van der Waals surface area contributed by atoms with Crippen molar-refractivity contribution >= 4 is 0 Å². The Morgan fingerprint density at radius 1 is 1.12 bits per heavy atom. The molecule has 0 aromatic carbocycles. The van der Waals surface area contributed by atoms with E-state index < -0.39 is 0 Å². The van der Waals surface area contributed by atoms with Crippen LogP contribution in [0.2, 0.25) is 0 Å². The van der Waals surface area contributed by atoms with Crippen LogP contribution in [-0.2, 0) is 11.3 Å². The predicted molar refractivity (Wildman–Crippen MR) is 92.7 cm³/mol. The first-order chi connectivity index (χ1) is 11.8. The van der Waals surface area contributed by atoms with E-state index in [1.54, 1.807) is 7.11 Å². The number of hydrogen-bond donors (Lipinski definition) is 0. The van der Waals surface area contributed by atoms with Crippen molar-refractivity contribution in [1.82, 2.24) is 30.0 Å². The van der Waals surface area contributed by atoms with Crippen molar-refractivity contribution < 1.29 is 4.74 Å². The monoisotopic (exact) mass is 336 g/mol. The van der Waals surface area contributed by atoms with Gasteiger partial charge in [0.05, 0.1) is 19.2 Å². The number of tetrazole rings is 1. The number of ether oxygens (including phenoxy) is 1. The summed E-state index contributed by atoms with van der Waals surface area (Å²) in [5.74, 6) is 0.987. The fraction of sp³-hybridized carbons (Fsp3) is 0.941. The maximum Gasteiger partial charge on any atom is 0.168 e. The number of rotatable bonds is 7. The van der Waals surface area contributed by atoms with Gasteiger partial charge >= 0.3 is 0 Å². The van der Waals surface area contributed by atoms with E-state index in [2.05, 4.69) is 32.2 Å². The fourth-order valence-corrected chi connectivity index (χ4v) is 4.25. The highest BCUT2D eigenvalue weighted by Gasteiger charge is 2.30. The Kier molecular flexibility index (Phi) is 6.57. The Balaban J connectivity index is 1.58. The molecule has 0 bridgehead atoms. The topological polar surface area (TPSA) is 59.3 Å². The average molecular weight is 336 g/mol. The second kappa shape index (κ2) is 8.87. The number of aromatic nitrogens is 4. The van der Waals surface area contributed by atoms with Crippen LogP contribution in [0.5, 0.6) is 0 Å². The van der Waals surface area contributed by atoms with Crippen LogP contribution in [0.15, 0.2) is 0 Å². The van der Waals surface area contributed by atoms with Gasteiger partial charge in [-0.1, -0.05) is 26.2 Å². The average Bonchev–Trinajstić information content (AvgIpc) is 3.10. The molecule has 2 heterocycles. The van der Waals surface area contributed by atoms with Gasteiger partial charge in [-0.15, -0.1) is 5.10 Å². The van der Waals surface area contributed by atoms with E-state index in [1.165, 1.54) is 45.2 Å². The summed E-state index contributed by atoms with van der Waals surface area (Å²) in [6.07, 6.45) is 8.09. The van der Waals surface area contributed by atoms with Crippen molar-refractivity contribution in [3.05, 3.63) is 5.82 Å². The summed E-state index contributed by atoms with van der Waals surface area (Å²) < 4.78 is 7.08. The van der Waals surface area contributed by atoms with Crippen molar-refractivity contribution in [2.24, 2.45) is 0 Å². The van der Waals surface area contributed by atoms with Gasteiger partial charge in [0, 0.05) is 39.3 Å². The van der Waals surface area contributed by atoms with Gasteiger partial charge < -0.3 is 4.74 Å². The maximum absolute atomic E-state index is 5.17. The number of nitrogens with zero attached hydrogens (tertiary/aromatic N) is 6. The van der Waals surface area contributed by atoms with Crippen molar-refractivity contribution in [2.75, 3.05) is 39.9 Å². The molecule has 1 saturated carbocycles. The SMILES string of the molecule is CCC(c1nnnn1CCOC)N1CCN(C2CCCCC2)CC1. The first-order valence-electron chi connectivity index (χ1n) is 9.56. The summed E-state index contributed by atoms with van der Waals surface area (Å²) in [4.78, 5) is 5.28. The highest BCUT2D eigenvalue weighted by atomic mass is 16.5. The van der Waals surface area contributed by atoms with Gasteiger partial charge in [0.25, 0.3) is 0 Å². The van der Waals surface area contributed by atoms with E-state index in [4.69, 9.17) is 4.74 Å². The van der Waals surface area contributed by atoms with Crippen molar-refractivity contribution in [3.63, 3.8) is 0 Å². The molecule has 0 amide bonds. The third kappa shape index (κ3) is 4.13. The molecular weight excluding hydrogens is 304 g/mol. The molecule has 2 aliphatic rings. The third-order valence-electron chi connectivity index (χ3n) is 5.63. The van der Waals surface area contributed by atoms with Crippen molar-refractivity contribution in [3.8, 4) is 0 Å². The van der Waals surface area contributed by atoms with Crippen LogP contribution in [0.25, 0.3) is 0 Å². The fourth-order valence-electron chi connectivity index (χ4n) is 4.25. The molecule has 1 unspecified atom stereocenters. The molecule has 2 fully saturated rings. The zero-order valence-corrected chi connectivity index (χ0v) is 15.2. The van der Waals surface area contributed by atoms with E-state index in [9.17, 15) is 0 Å². The van der Waals surface area contributed by atoms with E-state index >= 15 is 0 Å². The number of methoxy groups -OCH3 is 1. The minimum atomic E-state index is 0.311. The molecule has 1 saturated heterocycles. The quantitative estimate of drug-likeness (QED) is 0.756. The molecule has 0 radical (unpaired) electrons. The van der Waals surface area contributed by atoms with E-state index in [1.807, 2.05) is 4.68 Å². The Hall–Kier alpha value is -1.05. The summed E-state index contributed by atoms with van der Waals surface area (Å²) in [7, 11) is 1.71. The van der Waals surface area contributed by atoms with E-state index in [0.29, 0.717) is 12.6 Å². The summed E-state index contributed by atoms with van der Waals surface area (Å²) in [5, 5.41) is 12.4. The Morgan fingerprint density at radius 2 is 1.88 bits per heavy atom. The third-order valence-corrected chi connectivity index (χ3v) is 5.63. The van der Waals surface area contributed by atoms with E-state index in [-0.39, 0.29) is 0 Å². The molecule has 0 N–H and O–H groups in total. The summed E-state index contributed by atoms with van der Waals surface area (Å²) in [5.41, 5.74) is 0. The number of piperazine rings is 1. The number of hydrogen-bond acceptors (Lipinski definition) is 6. The lowest BCUT2D eigenvalue weighted by Gasteiger charge is -2.42. The lowest BCUT2D eigenvalue weighted by molar-refractivity contribution is 0.0510. The molecule has 1 aromatic rings. The molecule has 24 heavy (non-hydrogen) atoms. The van der Waals surface area contributed by atoms with Gasteiger partial charge in [-0.05, 0) is 29.7 Å². The molecule has 1 aliphatic heterocycles. The Labute approximate surface area is 145 Å². The molecule has 7 heteroatoms. The standard InChI is InChI=1S/C17H32N6O/c1-3-16(17-18-19-20-23(17)13-14-24-2)22-11-9-21(10-12-22)15-7-5-4-6-8-15/h15-16H,3-14H2,1-2H3. The van der Waals surface area contributed by atoms with Crippen molar-refractivity contribution in [2.45, 2.75) is 64.1 Å². The molecular formula is C17H32N6O. The van der Waals surface area contributed by atoms with Crippen LogP contribution in [0, 0.1) is 0 Å². The van der Waals surface area contributed by atoms with Crippen LogP contribution < -0.4 is 0 Å². The van der Waals surface area contributed by atoms with Gasteiger partial charge in [-0.3, -0.25) is 9.80 Å². The highest BCUT2D eigenvalue weighted by Crippen LogP contribution is 2.27. The Morgan fingerprint density at radius 3 is 2.54 bits per heavy atom. The predicted octanol–water partition coefficient (Wildman–Crippen LogP) is 1.72. The normalized spacial score (nSPS) is 22.8. The summed E-state index contributed by atoms with van der Waals surface area (Å²) in [6.45, 7) is 8.19. The highest BCUT2D eigenvalue weighted by molar-refractivity contribution is 4.95. The molecule has 1 aliphatic carbocycles. The smallest absolute Gasteiger partial charge is 0.168 e. The molecule has 136 valence electrons. The Bertz CT molecular complexity index is 479. The zero-order chi connectivity index (χ0) is 16.8. The second-order valence-electron chi connectivity index (χ2n) is 7.04. The van der Waals surface area contributed by atoms with Gasteiger partial charge in [0.1, 0.15) is 0 Å². The largest absolute Gasteiger partial charge is 0.383 e. The van der Waals surface area contributed by atoms with Crippen LogP contribution >= 0.6 is 0 Å². The minimum absolute atomic E-state index is 0.311. The lowest BCUT2D eigenvalue weighted by Crippen LogP contribution is -2.51. The molecule has 3 rings (SSSR count). The van der Waals surface area contributed by atoms with Crippen LogP contribution in [0.3, 0.4) is 0 Å². The van der Waals surface area contributed by atoms with Gasteiger partial charge in [0.2, 0.25) is 0 Å². The first-order valence-corrected chi connectivity index (χ1v) is 9.56. The molecule has 7 nitrogen and oxygen atoms in total. The minimum Gasteiger partial charge on any atom is -0.383 e. The summed E-state index contributed by atoms with van der Waals surface area (Å²) >= 11 is 0. The maximum atomic E-state index is 5.17. The second-order valence-corrected chi connectivity index (χ2v) is 7.04. The first kappa shape index (κ1) is 17.8. The van der Waals surface area contributed by atoms with Gasteiger partial charge in [0.15, 0.2) is 5.82 Å². The zero-order valence-electron chi connectivity index (χ0n) is 15.2. The van der Waals surface area contributed by atoms with Gasteiger partial charge in [-0.2, -0.15) is 0 Å². The van der Waals surface area contributed by atoms with Gasteiger partial charge in [-0.25, -0.2) is 4.68 Å². The van der Waals surface area contributed by atoms with Crippen LogP contribution in [-0.4, -0.2) is 75.9 Å². The van der Waals surface area contributed by atoms with E-state index in [0.717, 1.165) is 37.9 Å². The van der Waals surface area contributed by atoms with Crippen LogP contribution in [0.1, 0.15) is 57.3 Å². The molecule has 1 aromatic heterocycles. The summed E-state index contributed by atoms with van der Waals surface area (Å²) in [6, 6.07) is 1.14. The van der Waals surface area contributed by atoms with Crippen molar-refractivity contribution in [1.29, 1.82) is 0 Å². The molecule has 1 atom stereocenters. The molecule has 0 spiro atoms. The lowest BCUT2D eigenvalue weighted by atomic mass is 9.93. The van der Waals surface area contributed by atoms with Crippen LogP contribution in [0.4, 0.5) is 0 Å².